The summed E-state index contributed by atoms with van der Waals surface area (Å²) in [4.78, 5) is 16.5. The van der Waals surface area contributed by atoms with Crippen LogP contribution in [0.3, 0.4) is 0 Å². The van der Waals surface area contributed by atoms with E-state index >= 15 is 0 Å². The third-order valence-electron chi connectivity index (χ3n) is 4.58. The summed E-state index contributed by atoms with van der Waals surface area (Å²) in [5.41, 5.74) is 2.12. The van der Waals surface area contributed by atoms with Gasteiger partial charge in [-0.2, -0.15) is 5.10 Å². The lowest BCUT2D eigenvalue weighted by Crippen LogP contribution is -2.37. The number of fused-ring (bicyclic) bond motifs is 1. The third-order valence-corrected chi connectivity index (χ3v) is 6.35. The van der Waals surface area contributed by atoms with Crippen LogP contribution in [0.4, 0.5) is 5.69 Å². The van der Waals surface area contributed by atoms with Crippen LogP contribution in [-0.4, -0.2) is 47.9 Å². The topological polar surface area (TPSA) is 97.2 Å². The maximum Gasteiger partial charge on any atom is 0.252 e. The smallest absolute Gasteiger partial charge is 0.252 e. The van der Waals surface area contributed by atoms with Gasteiger partial charge in [0.15, 0.2) is 5.82 Å². The fraction of sp³-hybridized carbons (Fsp3) is 0.211. The van der Waals surface area contributed by atoms with Crippen LogP contribution in [0.2, 0.25) is 0 Å². The number of sulfonamides is 1. The van der Waals surface area contributed by atoms with E-state index in [4.69, 9.17) is 0 Å². The number of carbonyl (C=O) groups excluding carboxylic acids is 1. The van der Waals surface area contributed by atoms with Crippen molar-refractivity contribution in [3.8, 4) is 5.82 Å². The van der Waals surface area contributed by atoms with Crippen molar-refractivity contribution in [3.05, 3.63) is 72.2 Å². The number of hydrogen-bond donors (Lipinski definition) is 1. The number of para-hydroxylation sites is 1. The Morgan fingerprint density at radius 1 is 1.14 bits per heavy atom. The molecule has 3 heterocycles. The number of pyridine rings is 1. The lowest BCUT2D eigenvalue weighted by molar-refractivity contribution is 0.0956. The molecular formula is C19H19N5O3S. The lowest BCUT2D eigenvalue weighted by Gasteiger charge is -2.19. The van der Waals surface area contributed by atoms with Gasteiger partial charge in [0.1, 0.15) is 0 Å². The first-order valence-electron chi connectivity index (χ1n) is 8.87. The molecule has 4 rings (SSSR count). The SMILES string of the molecule is O=C(NCCS(=O)(=O)N1CCc2ccccc21)c1ccc(-n2cccn2)nc1. The second-order valence-electron chi connectivity index (χ2n) is 6.38. The third kappa shape index (κ3) is 3.61. The summed E-state index contributed by atoms with van der Waals surface area (Å²) in [5.74, 6) is 0.0691. The average molecular weight is 397 g/mol. The molecule has 9 heteroatoms. The Morgan fingerprint density at radius 3 is 2.75 bits per heavy atom. The molecule has 144 valence electrons. The van der Waals surface area contributed by atoms with E-state index in [1.54, 1.807) is 35.3 Å². The molecule has 0 bridgehead atoms. The van der Waals surface area contributed by atoms with Gasteiger partial charge in [0.25, 0.3) is 5.91 Å². The molecule has 0 spiro atoms. The summed E-state index contributed by atoms with van der Waals surface area (Å²) < 4.78 is 28.3. The molecule has 0 fully saturated rings. The van der Waals surface area contributed by atoms with Crippen molar-refractivity contribution in [2.75, 3.05) is 23.1 Å². The zero-order valence-corrected chi connectivity index (χ0v) is 15.8. The predicted octanol–water partition coefficient (Wildman–Crippen LogP) is 1.39. The van der Waals surface area contributed by atoms with Crippen molar-refractivity contribution in [1.82, 2.24) is 20.1 Å². The molecule has 0 aliphatic carbocycles. The number of nitrogens with zero attached hydrogens (tertiary/aromatic N) is 4. The number of amides is 1. The minimum Gasteiger partial charge on any atom is -0.351 e. The van der Waals surface area contributed by atoms with Crippen LogP contribution in [0.1, 0.15) is 15.9 Å². The van der Waals surface area contributed by atoms with Crippen LogP contribution >= 0.6 is 0 Å². The van der Waals surface area contributed by atoms with Crippen molar-refractivity contribution in [2.24, 2.45) is 0 Å². The van der Waals surface area contributed by atoms with E-state index in [9.17, 15) is 13.2 Å². The van der Waals surface area contributed by atoms with Crippen molar-refractivity contribution in [2.45, 2.75) is 6.42 Å². The van der Waals surface area contributed by atoms with Crippen LogP contribution in [0.15, 0.2) is 61.1 Å². The number of carbonyl (C=O) groups is 1. The number of hydrogen-bond acceptors (Lipinski definition) is 5. The summed E-state index contributed by atoms with van der Waals surface area (Å²) in [6.45, 7) is 0.467. The molecule has 1 N–H and O–H groups in total. The Bertz CT molecular complexity index is 1080. The predicted molar refractivity (Wildman–Crippen MR) is 105 cm³/mol. The largest absolute Gasteiger partial charge is 0.351 e. The summed E-state index contributed by atoms with van der Waals surface area (Å²) in [6, 6.07) is 12.6. The first kappa shape index (κ1) is 18.2. The first-order chi connectivity index (χ1) is 13.5. The Kier molecular flexibility index (Phi) is 4.82. The van der Waals surface area contributed by atoms with Crippen molar-refractivity contribution >= 4 is 21.6 Å². The van der Waals surface area contributed by atoms with Gasteiger partial charge in [-0.3, -0.25) is 9.10 Å². The molecule has 0 saturated carbocycles. The zero-order chi connectivity index (χ0) is 19.6. The molecule has 3 aromatic rings. The van der Waals surface area contributed by atoms with E-state index in [1.807, 2.05) is 24.3 Å². The van der Waals surface area contributed by atoms with Gasteiger partial charge in [-0.1, -0.05) is 18.2 Å². The van der Waals surface area contributed by atoms with Crippen molar-refractivity contribution in [3.63, 3.8) is 0 Å². The fourth-order valence-corrected chi connectivity index (χ4v) is 4.59. The quantitative estimate of drug-likeness (QED) is 0.678. The van der Waals surface area contributed by atoms with Crippen molar-refractivity contribution < 1.29 is 13.2 Å². The van der Waals surface area contributed by atoms with Gasteiger partial charge in [0, 0.05) is 31.7 Å². The first-order valence-corrected chi connectivity index (χ1v) is 10.5. The number of nitrogens with one attached hydrogen (secondary N) is 1. The van der Waals surface area contributed by atoms with Gasteiger partial charge in [0.05, 0.1) is 17.0 Å². The maximum atomic E-state index is 12.6. The molecule has 0 atom stereocenters. The highest BCUT2D eigenvalue weighted by Gasteiger charge is 2.28. The highest BCUT2D eigenvalue weighted by atomic mass is 32.2. The van der Waals surface area contributed by atoms with E-state index in [-0.39, 0.29) is 18.2 Å². The minimum atomic E-state index is -3.50. The monoisotopic (exact) mass is 397 g/mol. The second-order valence-corrected chi connectivity index (χ2v) is 8.39. The lowest BCUT2D eigenvalue weighted by atomic mass is 10.2. The van der Waals surface area contributed by atoms with Gasteiger partial charge in [-0.15, -0.1) is 0 Å². The van der Waals surface area contributed by atoms with E-state index in [0.717, 1.165) is 11.3 Å². The summed E-state index contributed by atoms with van der Waals surface area (Å²) in [6.07, 6.45) is 5.54. The van der Waals surface area contributed by atoms with E-state index < -0.39 is 10.0 Å². The second kappa shape index (κ2) is 7.43. The molecule has 1 amide bonds. The number of anilines is 1. The molecule has 0 unspecified atom stereocenters. The van der Waals surface area contributed by atoms with E-state index in [1.165, 1.54) is 10.5 Å². The standard InChI is InChI=1S/C19H19N5O3S/c25-19(16-6-7-18(21-14-16)23-11-3-9-22-23)20-10-13-28(26,27)24-12-8-15-4-1-2-5-17(15)24/h1-7,9,11,14H,8,10,12-13H2,(H,20,25). The minimum absolute atomic E-state index is 0.0285. The Balaban J connectivity index is 1.35. The van der Waals surface area contributed by atoms with Crippen LogP contribution < -0.4 is 9.62 Å². The zero-order valence-electron chi connectivity index (χ0n) is 15.0. The number of rotatable bonds is 6. The Hall–Kier alpha value is -3.20. The molecular weight excluding hydrogens is 378 g/mol. The summed E-state index contributed by atoms with van der Waals surface area (Å²) >= 11 is 0. The maximum absolute atomic E-state index is 12.6. The van der Waals surface area contributed by atoms with Gasteiger partial charge in [0.2, 0.25) is 10.0 Å². The number of aromatic nitrogens is 3. The van der Waals surface area contributed by atoms with E-state index in [0.29, 0.717) is 24.3 Å². The van der Waals surface area contributed by atoms with Gasteiger partial charge in [-0.05, 0) is 36.2 Å². The molecule has 0 radical (unpaired) electrons. The molecule has 1 aliphatic rings. The van der Waals surface area contributed by atoms with E-state index in [2.05, 4.69) is 15.4 Å². The molecule has 2 aromatic heterocycles. The highest BCUT2D eigenvalue weighted by Crippen LogP contribution is 2.29. The highest BCUT2D eigenvalue weighted by molar-refractivity contribution is 7.92. The van der Waals surface area contributed by atoms with Crippen LogP contribution in [0, 0.1) is 0 Å². The Labute approximate surface area is 162 Å². The summed E-state index contributed by atoms with van der Waals surface area (Å²) in [7, 11) is -3.50. The van der Waals surface area contributed by atoms with Gasteiger partial charge in [-0.25, -0.2) is 18.1 Å². The Morgan fingerprint density at radius 2 is 2.00 bits per heavy atom. The van der Waals surface area contributed by atoms with Crippen LogP contribution in [0.5, 0.6) is 0 Å². The molecule has 1 aromatic carbocycles. The number of benzene rings is 1. The fourth-order valence-electron chi connectivity index (χ4n) is 3.16. The van der Waals surface area contributed by atoms with Gasteiger partial charge >= 0.3 is 0 Å². The van der Waals surface area contributed by atoms with Crippen LogP contribution in [-0.2, 0) is 16.4 Å². The molecule has 0 saturated heterocycles. The molecule has 28 heavy (non-hydrogen) atoms. The molecule has 1 aliphatic heterocycles. The van der Waals surface area contributed by atoms with Crippen molar-refractivity contribution in [1.29, 1.82) is 0 Å². The molecule has 8 nitrogen and oxygen atoms in total. The van der Waals surface area contributed by atoms with Gasteiger partial charge < -0.3 is 5.32 Å². The normalized spacial score (nSPS) is 13.4. The summed E-state index contributed by atoms with van der Waals surface area (Å²) in [5, 5.41) is 6.72. The average Bonchev–Trinajstić information content (AvgIpc) is 3.38. The van der Waals surface area contributed by atoms with Crippen LogP contribution in [0.25, 0.3) is 5.82 Å².